The molecule has 2 fully saturated rings. The van der Waals surface area contributed by atoms with E-state index in [2.05, 4.69) is 26.2 Å². The van der Waals surface area contributed by atoms with Crippen LogP contribution in [0.1, 0.15) is 37.5 Å². The van der Waals surface area contributed by atoms with Crippen molar-refractivity contribution in [1.82, 2.24) is 15.1 Å². The zero-order chi connectivity index (χ0) is 19.6. The van der Waals surface area contributed by atoms with Crippen LogP contribution in [-0.4, -0.2) is 82.5 Å². The molecule has 0 saturated carbocycles. The SMILES string of the molecule is CN=C(NCC(c1ccco1)N1CCCCC1)N1CCC(COCCOC)C1.I. The maximum Gasteiger partial charge on any atom is 0.193 e. The molecule has 8 heteroatoms. The average Bonchev–Trinajstić information content (AvgIpc) is 3.42. The van der Waals surface area contributed by atoms with Crippen LogP contribution in [0.4, 0.5) is 0 Å². The Balaban J connectivity index is 0.00000300. The first kappa shape index (κ1) is 24.4. The van der Waals surface area contributed by atoms with E-state index in [0.717, 1.165) is 57.5 Å². The van der Waals surface area contributed by atoms with Crippen LogP contribution in [0.2, 0.25) is 0 Å². The quantitative estimate of drug-likeness (QED) is 0.234. The van der Waals surface area contributed by atoms with E-state index in [-0.39, 0.29) is 30.0 Å². The lowest BCUT2D eigenvalue weighted by atomic mass is 10.1. The first-order valence-corrected chi connectivity index (χ1v) is 10.6. The topological polar surface area (TPSA) is 62.5 Å². The van der Waals surface area contributed by atoms with Gasteiger partial charge >= 0.3 is 0 Å². The summed E-state index contributed by atoms with van der Waals surface area (Å²) in [6, 6.07) is 4.32. The number of nitrogens with zero attached hydrogens (tertiary/aromatic N) is 3. The highest BCUT2D eigenvalue weighted by Gasteiger charge is 2.28. The molecular weight excluding hydrogens is 483 g/mol. The lowest BCUT2D eigenvalue weighted by Gasteiger charge is -2.34. The van der Waals surface area contributed by atoms with E-state index < -0.39 is 0 Å². The van der Waals surface area contributed by atoms with Crippen LogP contribution in [0.15, 0.2) is 27.8 Å². The van der Waals surface area contributed by atoms with Gasteiger partial charge in [-0.1, -0.05) is 6.42 Å². The fourth-order valence-corrected chi connectivity index (χ4v) is 4.19. The molecule has 0 aromatic carbocycles. The van der Waals surface area contributed by atoms with Gasteiger partial charge in [0, 0.05) is 39.7 Å². The number of piperidine rings is 1. The molecule has 2 atom stereocenters. The normalized spacial score (nSPS) is 21.8. The number of likely N-dealkylation sites (tertiary alicyclic amines) is 2. The van der Waals surface area contributed by atoms with Crippen molar-refractivity contribution in [2.24, 2.45) is 10.9 Å². The summed E-state index contributed by atoms with van der Waals surface area (Å²) in [6.07, 6.45) is 6.78. The van der Waals surface area contributed by atoms with E-state index in [1.807, 2.05) is 13.1 Å². The third kappa shape index (κ3) is 7.41. The zero-order valence-electron chi connectivity index (χ0n) is 17.8. The van der Waals surface area contributed by atoms with Gasteiger partial charge in [-0.25, -0.2) is 0 Å². The molecule has 0 bridgehead atoms. The molecule has 1 aromatic heterocycles. The van der Waals surface area contributed by atoms with Crippen LogP contribution in [-0.2, 0) is 9.47 Å². The highest BCUT2D eigenvalue weighted by Crippen LogP contribution is 2.25. The molecule has 2 aliphatic rings. The van der Waals surface area contributed by atoms with E-state index >= 15 is 0 Å². The third-order valence-electron chi connectivity index (χ3n) is 5.74. The molecule has 0 spiro atoms. The van der Waals surface area contributed by atoms with Gasteiger partial charge in [0.1, 0.15) is 5.76 Å². The predicted octanol–water partition coefficient (Wildman–Crippen LogP) is 2.98. The maximum atomic E-state index is 5.76. The Morgan fingerprint density at radius 2 is 2.10 bits per heavy atom. The van der Waals surface area contributed by atoms with Gasteiger partial charge in [0.25, 0.3) is 0 Å². The molecule has 2 aliphatic heterocycles. The van der Waals surface area contributed by atoms with Crippen molar-refractivity contribution in [3.05, 3.63) is 24.2 Å². The molecule has 3 rings (SSSR count). The lowest BCUT2D eigenvalue weighted by Crippen LogP contribution is -2.45. The molecule has 7 nitrogen and oxygen atoms in total. The van der Waals surface area contributed by atoms with Gasteiger partial charge in [-0.15, -0.1) is 24.0 Å². The molecule has 0 radical (unpaired) electrons. The molecular formula is C21H37IN4O3. The van der Waals surface area contributed by atoms with Crippen LogP contribution in [0.3, 0.4) is 0 Å². The standard InChI is InChI=1S/C21H36N4O3.HI/c1-22-21(25-11-8-18(16-25)17-27-14-13-26-2)23-15-19(20-7-6-12-28-20)24-9-4-3-5-10-24;/h6-7,12,18-19H,3-5,8-11,13-17H2,1-2H3,(H,22,23);1H. The second-order valence-electron chi connectivity index (χ2n) is 7.72. The van der Waals surface area contributed by atoms with Crippen LogP contribution in [0.25, 0.3) is 0 Å². The van der Waals surface area contributed by atoms with Gasteiger partial charge in [-0.05, 0) is 44.5 Å². The fraction of sp³-hybridized carbons (Fsp3) is 0.762. The summed E-state index contributed by atoms with van der Waals surface area (Å²) in [7, 11) is 3.57. The third-order valence-corrected chi connectivity index (χ3v) is 5.74. The second-order valence-corrected chi connectivity index (χ2v) is 7.72. The van der Waals surface area contributed by atoms with E-state index in [1.165, 1.54) is 19.3 Å². The summed E-state index contributed by atoms with van der Waals surface area (Å²) in [5.41, 5.74) is 0. The summed E-state index contributed by atoms with van der Waals surface area (Å²) < 4.78 is 16.5. The van der Waals surface area contributed by atoms with Crippen LogP contribution in [0, 0.1) is 5.92 Å². The monoisotopic (exact) mass is 520 g/mol. The Hall–Kier alpha value is -0.840. The minimum absolute atomic E-state index is 0. The number of hydrogen-bond acceptors (Lipinski definition) is 5. The first-order valence-electron chi connectivity index (χ1n) is 10.6. The van der Waals surface area contributed by atoms with Crippen molar-refractivity contribution in [2.45, 2.75) is 31.7 Å². The number of nitrogens with one attached hydrogen (secondary N) is 1. The number of halogens is 1. The van der Waals surface area contributed by atoms with Gasteiger partial charge in [-0.2, -0.15) is 0 Å². The largest absolute Gasteiger partial charge is 0.468 e. The number of aliphatic imine (C=N–C) groups is 1. The Morgan fingerprint density at radius 3 is 2.79 bits per heavy atom. The second kappa shape index (κ2) is 13.5. The van der Waals surface area contributed by atoms with Crippen molar-refractivity contribution < 1.29 is 13.9 Å². The van der Waals surface area contributed by atoms with Crippen LogP contribution >= 0.6 is 24.0 Å². The van der Waals surface area contributed by atoms with E-state index in [9.17, 15) is 0 Å². The Kier molecular flexibility index (Phi) is 11.3. The number of guanidine groups is 1. The summed E-state index contributed by atoms with van der Waals surface area (Å²) >= 11 is 0. The number of rotatable bonds is 9. The molecule has 3 heterocycles. The van der Waals surface area contributed by atoms with Crippen LogP contribution in [0.5, 0.6) is 0 Å². The number of hydrogen-bond donors (Lipinski definition) is 1. The average molecular weight is 520 g/mol. The smallest absolute Gasteiger partial charge is 0.193 e. The van der Waals surface area contributed by atoms with Crippen molar-refractivity contribution in [2.75, 3.05) is 66.7 Å². The molecule has 0 amide bonds. The van der Waals surface area contributed by atoms with Gasteiger partial charge in [0.15, 0.2) is 5.96 Å². The van der Waals surface area contributed by atoms with Crippen molar-refractivity contribution >= 4 is 29.9 Å². The Bertz CT molecular complexity index is 578. The number of ether oxygens (including phenoxy) is 2. The fourth-order valence-electron chi connectivity index (χ4n) is 4.19. The number of furan rings is 1. The maximum absolute atomic E-state index is 5.76. The van der Waals surface area contributed by atoms with Crippen molar-refractivity contribution in [1.29, 1.82) is 0 Å². The zero-order valence-corrected chi connectivity index (χ0v) is 20.2. The molecule has 2 saturated heterocycles. The minimum atomic E-state index is 0. The molecule has 0 aliphatic carbocycles. The van der Waals surface area contributed by atoms with E-state index in [0.29, 0.717) is 19.1 Å². The summed E-state index contributed by atoms with van der Waals surface area (Å²) in [6.45, 7) is 7.21. The minimum Gasteiger partial charge on any atom is -0.468 e. The van der Waals surface area contributed by atoms with E-state index in [4.69, 9.17) is 13.9 Å². The summed E-state index contributed by atoms with van der Waals surface area (Å²) in [4.78, 5) is 9.42. The molecule has 1 aromatic rings. The molecule has 166 valence electrons. The van der Waals surface area contributed by atoms with Gasteiger partial charge < -0.3 is 24.1 Å². The number of methoxy groups -OCH3 is 1. The highest BCUT2D eigenvalue weighted by atomic mass is 127. The van der Waals surface area contributed by atoms with Crippen LogP contribution < -0.4 is 5.32 Å². The molecule has 1 N–H and O–H groups in total. The van der Waals surface area contributed by atoms with E-state index in [1.54, 1.807) is 13.4 Å². The van der Waals surface area contributed by atoms with Crippen molar-refractivity contribution in [3.8, 4) is 0 Å². The van der Waals surface area contributed by atoms with Gasteiger partial charge in [0.05, 0.1) is 32.1 Å². The summed E-state index contributed by atoms with van der Waals surface area (Å²) in [5.74, 6) is 2.57. The van der Waals surface area contributed by atoms with Crippen molar-refractivity contribution in [3.63, 3.8) is 0 Å². The Labute approximate surface area is 192 Å². The highest BCUT2D eigenvalue weighted by molar-refractivity contribution is 14.0. The lowest BCUT2D eigenvalue weighted by molar-refractivity contribution is 0.0536. The molecule has 2 unspecified atom stereocenters. The summed E-state index contributed by atoms with van der Waals surface area (Å²) in [5, 5.41) is 3.61. The predicted molar refractivity (Wildman–Crippen MR) is 126 cm³/mol. The first-order chi connectivity index (χ1) is 13.8. The van der Waals surface area contributed by atoms with Gasteiger partial charge in [-0.3, -0.25) is 9.89 Å². The Morgan fingerprint density at radius 1 is 1.28 bits per heavy atom. The van der Waals surface area contributed by atoms with Gasteiger partial charge in [0.2, 0.25) is 0 Å². The molecule has 29 heavy (non-hydrogen) atoms.